The predicted molar refractivity (Wildman–Crippen MR) is 139 cm³/mol. The Bertz CT molecular complexity index is 1380. The third-order valence-corrected chi connectivity index (χ3v) is 6.88. The van der Waals surface area contributed by atoms with E-state index in [2.05, 4.69) is 10.0 Å². The summed E-state index contributed by atoms with van der Waals surface area (Å²) in [6.45, 7) is 0.243. The Kier molecular flexibility index (Phi) is 9.34. The van der Waals surface area contributed by atoms with Crippen LogP contribution in [0.1, 0.15) is 12.0 Å². The van der Waals surface area contributed by atoms with Gasteiger partial charge in [0.1, 0.15) is 16.9 Å². The van der Waals surface area contributed by atoms with E-state index in [1.54, 1.807) is 19.0 Å². The van der Waals surface area contributed by atoms with Crippen molar-refractivity contribution in [2.75, 3.05) is 32.6 Å². The van der Waals surface area contributed by atoms with E-state index < -0.39 is 28.5 Å². The highest BCUT2D eigenvalue weighted by atomic mass is 32.2. The number of hydrogen-bond donors (Lipinski definition) is 3. The second kappa shape index (κ2) is 12.4. The molecule has 10 nitrogen and oxygen atoms in total. The van der Waals surface area contributed by atoms with Crippen molar-refractivity contribution >= 4 is 44.6 Å². The molecule has 37 heavy (non-hydrogen) atoms. The van der Waals surface area contributed by atoms with Gasteiger partial charge in [-0.25, -0.2) is 13.1 Å². The molecule has 0 unspecified atom stereocenters. The number of carboxylic acid groups (broad SMARTS) is 1. The van der Waals surface area contributed by atoms with Crippen molar-refractivity contribution in [3.05, 3.63) is 66.2 Å². The number of aldehydes is 1. The zero-order chi connectivity index (χ0) is 27.0. The van der Waals surface area contributed by atoms with E-state index in [-0.39, 0.29) is 36.0 Å². The Morgan fingerprint density at radius 2 is 1.81 bits per heavy atom. The summed E-state index contributed by atoms with van der Waals surface area (Å²) < 4.78 is 34.1. The van der Waals surface area contributed by atoms with Crippen LogP contribution in [-0.4, -0.2) is 69.9 Å². The van der Waals surface area contributed by atoms with Crippen molar-refractivity contribution in [1.29, 1.82) is 0 Å². The average molecular weight is 528 g/mol. The maximum absolute atomic E-state index is 13.1. The molecule has 1 atom stereocenters. The van der Waals surface area contributed by atoms with E-state index in [9.17, 15) is 22.8 Å². The number of nitrogens with one attached hydrogen (secondary N) is 2. The second-order valence-electron chi connectivity index (χ2n) is 8.65. The highest BCUT2D eigenvalue weighted by Crippen LogP contribution is 2.29. The van der Waals surface area contributed by atoms with E-state index in [0.29, 0.717) is 12.1 Å². The van der Waals surface area contributed by atoms with E-state index in [0.717, 1.165) is 16.3 Å². The number of likely N-dealkylation sites (N-methyl/N-ethyl adjacent to an activating group) is 1. The van der Waals surface area contributed by atoms with Crippen LogP contribution in [0.25, 0.3) is 10.8 Å². The molecule has 0 fully saturated rings. The van der Waals surface area contributed by atoms with Crippen LogP contribution < -0.4 is 14.8 Å². The molecule has 3 rings (SSSR count). The van der Waals surface area contributed by atoms with Crippen LogP contribution in [0.2, 0.25) is 0 Å². The number of carboxylic acids is 1. The molecule has 196 valence electrons. The molecular formula is C26H29N3O7S. The third-order valence-electron chi connectivity index (χ3n) is 5.35. The highest BCUT2D eigenvalue weighted by Gasteiger charge is 2.25. The summed E-state index contributed by atoms with van der Waals surface area (Å²) in [6.07, 6.45) is -0.0112. The first-order valence-electron chi connectivity index (χ1n) is 11.5. The molecule has 0 aliphatic rings. The number of carbonyl (C=O) groups excluding carboxylic acids is 2. The van der Waals surface area contributed by atoms with E-state index in [1.165, 1.54) is 18.2 Å². The summed E-state index contributed by atoms with van der Waals surface area (Å²) in [5.74, 6) is -1.68. The number of benzene rings is 3. The second-order valence-corrected chi connectivity index (χ2v) is 10.3. The number of ether oxygens (including phenoxy) is 1. The van der Waals surface area contributed by atoms with E-state index >= 15 is 0 Å². The Hall–Kier alpha value is -3.80. The fourth-order valence-corrected chi connectivity index (χ4v) is 5.05. The first-order valence-corrected chi connectivity index (χ1v) is 12.9. The molecule has 0 saturated heterocycles. The summed E-state index contributed by atoms with van der Waals surface area (Å²) in [6, 6.07) is 16.3. The van der Waals surface area contributed by atoms with Gasteiger partial charge in [0.2, 0.25) is 15.9 Å². The molecule has 0 radical (unpaired) electrons. The summed E-state index contributed by atoms with van der Waals surface area (Å²) in [4.78, 5) is 35.9. The number of sulfonamides is 1. The number of fused-ring (bicyclic) bond motifs is 1. The summed E-state index contributed by atoms with van der Waals surface area (Å²) in [5, 5.41) is 13.8. The minimum Gasteiger partial charge on any atom is -0.492 e. The largest absolute Gasteiger partial charge is 0.492 e. The number of hydrogen-bond acceptors (Lipinski definition) is 7. The van der Waals surface area contributed by atoms with Gasteiger partial charge < -0.3 is 24.9 Å². The third kappa shape index (κ3) is 7.84. The molecule has 0 aliphatic carbocycles. The predicted octanol–water partition coefficient (Wildman–Crippen LogP) is 2.28. The van der Waals surface area contributed by atoms with Crippen molar-refractivity contribution in [2.24, 2.45) is 0 Å². The van der Waals surface area contributed by atoms with Crippen molar-refractivity contribution < 1.29 is 32.6 Å². The zero-order valence-electron chi connectivity index (χ0n) is 20.5. The minimum atomic E-state index is -4.33. The fourth-order valence-electron chi connectivity index (χ4n) is 3.76. The first kappa shape index (κ1) is 27.8. The lowest BCUT2D eigenvalue weighted by Gasteiger charge is -2.17. The van der Waals surface area contributed by atoms with Crippen LogP contribution in [0.5, 0.6) is 5.75 Å². The Morgan fingerprint density at radius 1 is 1.08 bits per heavy atom. The highest BCUT2D eigenvalue weighted by molar-refractivity contribution is 7.89. The molecule has 0 spiro atoms. The smallest absolute Gasteiger partial charge is 0.305 e. The van der Waals surface area contributed by atoms with Gasteiger partial charge in [-0.2, -0.15) is 0 Å². The Morgan fingerprint density at radius 3 is 2.51 bits per heavy atom. The lowest BCUT2D eigenvalue weighted by Crippen LogP contribution is -2.37. The van der Waals surface area contributed by atoms with Gasteiger partial charge in [0.05, 0.1) is 25.6 Å². The van der Waals surface area contributed by atoms with Gasteiger partial charge in [-0.1, -0.05) is 42.5 Å². The lowest BCUT2D eigenvalue weighted by molar-refractivity contribution is -0.138. The molecule has 11 heteroatoms. The molecule has 3 aromatic carbocycles. The van der Waals surface area contributed by atoms with Crippen LogP contribution in [-0.2, 0) is 30.8 Å². The molecule has 3 aromatic rings. The number of nitrogens with zero attached hydrogens (tertiary/aromatic N) is 1. The number of anilines is 1. The lowest BCUT2D eigenvalue weighted by atomic mass is 10.0. The molecular weight excluding hydrogens is 498 g/mol. The summed E-state index contributed by atoms with van der Waals surface area (Å²) in [7, 11) is -0.854. The maximum Gasteiger partial charge on any atom is 0.305 e. The number of carbonyl (C=O) groups is 3. The van der Waals surface area contributed by atoms with E-state index in [1.807, 2.05) is 42.5 Å². The molecule has 0 heterocycles. The van der Waals surface area contributed by atoms with Gasteiger partial charge in [0, 0.05) is 18.2 Å². The Balaban J connectivity index is 1.87. The minimum absolute atomic E-state index is 0.0460. The van der Waals surface area contributed by atoms with Gasteiger partial charge >= 0.3 is 5.97 Å². The van der Waals surface area contributed by atoms with Crippen molar-refractivity contribution in [3.63, 3.8) is 0 Å². The van der Waals surface area contributed by atoms with Crippen LogP contribution >= 0.6 is 0 Å². The van der Waals surface area contributed by atoms with Crippen molar-refractivity contribution in [1.82, 2.24) is 9.62 Å². The molecule has 0 aliphatic heterocycles. The first-order chi connectivity index (χ1) is 17.6. The van der Waals surface area contributed by atoms with Crippen LogP contribution in [0.3, 0.4) is 0 Å². The van der Waals surface area contributed by atoms with Crippen molar-refractivity contribution in [3.8, 4) is 5.75 Å². The molecule has 0 aromatic heterocycles. The average Bonchev–Trinajstić information content (AvgIpc) is 2.82. The summed E-state index contributed by atoms with van der Waals surface area (Å²) in [5.41, 5.74) is 1.34. The molecule has 1 amide bonds. The molecule has 3 N–H and O–H groups in total. The normalized spacial score (nSPS) is 12.3. The standard InChI is InChI=1S/C26H29N3O7S/c1-29(2)16-25(31)27-20-10-11-24(37(34,35)28-21(17-30)15-26(32)33)23(14-20)36-13-12-19-8-5-7-18-6-3-4-9-22(18)19/h3-11,14,17,21,28H,12-13,15-16H2,1-2H3,(H,27,31)(H,32,33)/t21-/m0/s1. The number of aliphatic carboxylic acids is 1. The van der Waals surface area contributed by atoms with Crippen molar-refractivity contribution in [2.45, 2.75) is 23.8 Å². The maximum atomic E-state index is 13.1. The zero-order valence-corrected chi connectivity index (χ0v) is 21.3. The van der Waals surface area contributed by atoms with Gasteiger partial charge in [-0.15, -0.1) is 0 Å². The molecule has 0 bridgehead atoms. The summed E-state index contributed by atoms with van der Waals surface area (Å²) >= 11 is 0. The Labute approximate surface area is 215 Å². The van der Waals surface area contributed by atoms with Gasteiger partial charge in [-0.3, -0.25) is 9.59 Å². The number of rotatable bonds is 13. The van der Waals surface area contributed by atoms with E-state index in [4.69, 9.17) is 9.84 Å². The van der Waals surface area contributed by atoms with Gasteiger partial charge in [-0.05, 0) is 42.6 Å². The quantitative estimate of drug-likeness (QED) is 0.288. The SMILES string of the molecule is CN(C)CC(=O)Nc1ccc(S(=O)(=O)N[C@H](C=O)CC(=O)O)c(OCCc2cccc3ccccc23)c1. The fraction of sp³-hybridized carbons (Fsp3) is 0.269. The van der Waals surface area contributed by atoms with Crippen LogP contribution in [0.15, 0.2) is 65.6 Å². The van der Waals surface area contributed by atoms with Crippen LogP contribution in [0, 0.1) is 0 Å². The topological polar surface area (TPSA) is 142 Å². The number of amides is 1. The van der Waals surface area contributed by atoms with Gasteiger partial charge in [0.25, 0.3) is 0 Å². The monoisotopic (exact) mass is 527 g/mol. The van der Waals surface area contributed by atoms with Crippen LogP contribution in [0.4, 0.5) is 5.69 Å². The van der Waals surface area contributed by atoms with Gasteiger partial charge in [0.15, 0.2) is 0 Å². The molecule has 0 saturated carbocycles.